The third-order valence-electron chi connectivity index (χ3n) is 3.51. The molecule has 1 aromatic rings. The predicted octanol–water partition coefficient (Wildman–Crippen LogP) is 2.53. The maximum Gasteiger partial charge on any atom is 0.119 e. The molecule has 1 rings (SSSR count). The Bertz CT molecular complexity index is 379. The van der Waals surface area contributed by atoms with Gasteiger partial charge in [0, 0.05) is 32.3 Å². The van der Waals surface area contributed by atoms with Crippen molar-refractivity contribution >= 4 is 0 Å². The van der Waals surface area contributed by atoms with Gasteiger partial charge in [0.25, 0.3) is 0 Å². The number of benzene rings is 1. The van der Waals surface area contributed by atoms with E-state index in [0.717, 1.165) is 25.4 Å². The van der Waals surface area contributed by atoms with Gasteiger partial charge < -0.3 is 14.8 Å². The van der Waals surface area contributed by atoms with Crippen molar-refractivity contribution in [1.82, 2.24) is 10.2 Å². The molecule has 1 N–H and O–H groups in total. The second-order valence-electron chi connectivity index (χ2n) is 5.81. The zero-order valence-corrected chi connectivity index (χ0v) is 14.1. The van der Waals surface area contributed by atoms with Gasteiger partial charge in [0.15, 0.2) is 0 Å². The van der Waals surface area contributed by atoms with E-state index < -0.39 is 0 Å². The van der Waals surface area contributed by atoms with Crippen LogP contribution in [0.5, 0.6) is 5.75 Å². The molecule has 0 aliphatic carbocycles. The van der Waals surface area contributed by atoms with Crippen LogP contribution in [0.2, 0.25) is 0 Å². The second kappa shape index (κ2) is 9.77. The molecule has 1 unspecified atom stereocenters. The summed E-state index contributed by atoms with van der Waals surface area (Å²) in [5, 5.41) is 3.40. The van der Waals surface area contributed by atoms with Gasteiger partial charge in [-0.25, -0.2) is 0 Å². The molecule has 0 aliphatic rings. The largest absolute Gasteiger partial charge is 0.492 e. The van der Waals surface area contributed by atoms with Crippen LogP contribution < -0.4 is 10.1 Å². The lowest BCUT2D eigenvalue weighted by Crippen LogP contribution is -2.35. The Balaban J connectivity index is 2.29. The molecule has 0 bridgehead atoms. The number of ether oxygens (including phenoxy) is 2. The van der Waals surface area contributed by atoms with Crippen molar-refractivity contribution in [3.8, 4) is 5.75 Å². The highest BCUT2D eigenvalue weighted by atomic mass is 16.5. The molecule has 0 radical (unpaired) electrons. The Kier molecular flexibility index (Phi) is 8.35. The Hall–Kier alpha value is -1.10. The van der Waals surface area contributed by atoms with Crippen molar-refractivity contribution in [2.45, 2.75) is 39.4 Å². The lowest BCUT2D eigenvalue weighted by atomic mass is 10.2. The van der Waals surface area contributed by atoms with E-state index in [4.69, 9.17) is 9.47 Å². The number of hydrogen-bond donors (Lipinski definition) is 1. The molecule has 0 aliphatic heterocycles. The van der Waals surface area contributed by atoms with E-state index >= 15 is 0 Å². The molecule has 1 atom stereocenters. The van der Waals surface area contributed by atoms with Gasteiger partial charge in [-0.15, -0.1) is 0 Å². The Morgan fingerprint density at radius 2 is 1.81 bits per heavy atom. The molecule has 0 saturated heterocycles. The summed E-state index contributed by atoms with van der Waals surface area (Å²) in [5.74, 6) is 0.927. The molecule has 0 saturated carbocycles. The standard InChI is InChI=1S/C17H30N2O2/c1-14(2)18-12-16-6-8-17(9-7-16)21-11-10-19(4)15(3)13-20-5/h6-9,14-15,18H,10-13H2,1-5H3. The maximum atomic E-state index is 5.78. The molecule has 4 heteroatoms. The van der Waals surface area contributed by atoms with Crippen molar-refractivity contribution in [3.05, 3.63) is 29.8 Å². The third-order valence-corrected chi connectivity index (χ3v) is 3.51. The van der Waals surface area contributed by atoms with E-state index in [0.29, 0.717) is 18.7 Å². The van der Waals surface area contributed by atoms with Crippen molar-refractivity contribution in [2.24, 2.45) is 0 Å². The highest BCUT2D eigenvalue weighted by Crippen LogP contribution is 2.12. The minimum absolute atomic E-state index is 0.406. The third kappa shape index (κ3) is 7.46. The fourth-order valence-corrected chi connectivity index (χ4v) is 1.92. The average Bonchev–Trinajstić information content (AvgIpc) is 2.46. The summed E-state index contributed by atoms with van der Waals surface area (Å²) in [6.45, 7) is 9.68. The van der Waals surface area contributed by atoms with Crippen LogP contribution in [0.15, 0.2) is 24.3 Å². The molecule has 4 nitrogen and oxygen atoms in total. The number of hydrogen-bond acceptors (Lipinski definition) is 4. The molecular formula is C17H30N2O2. The van der Waals surface area contributed by atoms with Crippen LogP contribution in [-0.2, 0) is 11.3 Å². The lowest BCUT2D eigenvalue weighted by Gasteiger charge is -2.23. The van der Waals surface area contributed by atoms with Crippen molar-refractivity contribution in [2.75, 3.05) is 33.9 Å². The first-order chi connectivity index (χ1) is 10.0. The summed E-state index contributed by atoms with van der Waals surface area (Å²) in [5.41, 5.74) is 1.28. The zero-order chi connectivity index (χ0) is 15.7. The molecule has 0 spiro atoms. The van der Waals surface area contributed by atoms with Gasteiger partial charge in [0.2, 0.25) is 0 Å². The van der Waals surface area contributed by atoms with Crippen LogP contribution >= 0.6 is 0 Å². The summed E-state index contributed by atoms with van der Waals surface area (Å²) in [6.07, 6.45) is 0. The van der Waals surface area contributed by atoms with Gasteiger partial charge in [0.1, 0.15) is 12.4 Å². The van der Waals surface area contributed by atoms with Crippen LogP contribution in [0.4, 0.5) is 0 Å². The van der Waals surface area contributed by atoms with Crippen LogP contribution in [-0.4, -0.2) is 50.9 Å². The number of likely N-dealkylation sites (N-methyl/N-ethyl adjacent to an activating group) is 1. The minimum Gasteiger partial charge on any atom is -0.492 e. The van der Waals surface area contributed by atoms with Crippen LogP contribution in [0, 0.1) is 0 Å². The first-order valence-electron chi connectivity index (χ1n) is 7.67. The highest BCUT2D eigenvalue weighted by Gasteiger charge is 2.08. The van der Waals surface area contributed by atoms with E-state index in [1.54, 1.807) is 7.11 Å². The Morgan fingerprint density at radius 3 is 2.38 bits per heavy atom. The van der Waals surface area contributed by atoms with Gasteiger partial charge in [-0.3, -0.25) is 4.90 Å². The number of nitrogens with one attached hydrogen (secondary N) is 1. The van der Waals surface area contributed by atoms with Crippen molar-refractivity contribution < 1.29 is 9.47 Å². The lowest BCUT2D eigenvalue weighted by molar-refractivity contribution is 0.105. The van der Waals surface area contributed by atoms with Crippen LogP contribution in [0.3, 0.4) is 0 Å². The summed E-state index contributed by atoms with van der Waals surface area (Å²) >= 11 is 0. The highest BCUT2D eigenvalue weighted by molar-refractivity contribution is 5.27. The topological polar surface area (TPSA) is 33.7 Å². The van der Waals surface area contributed by atoms with E-state index in [1.165, 1.54) is 5.56 Å². The molecule has 1 aromatic carbocycles. The quantitative estimate of drug-likeness (QED) is 0.719. The molecular weight excluding hydrogens is 264 g/mol. The first-order valence-corrected chi connectivity index (χ1v) is 7.67. The van der Waals surface area contributed by atoms with E-state index in [1.807, 2.05) is 12.1 Å². The molecule has 0 fully saturated rings. The number of nitrogens with zero attached hydrogens (tertiary/aromatic N) is 1. The van der Waals surface area contributed by atoms with Gasteiger partial charge >= 0.3 is 0 Å². The molecule has 0 aromatic heterocycles. The van der Waals surface area contributed by atoms with Gasteiger partial charge in [0.05, 0.1) is 6.61 Å². The number of rotatable bonds is 10. The summed E-state index contributed by atoms with van der Waals surface area (Å²) in [7, 11) is 3.82. The summed E-state index contributed by atoms with van der Waals surface area (Å²) in [4.78, 5) is 2.24. The van der Waals surface area contributed by atoms with Crippen LogP contribution in [0.1, 0.15) is 26.3 Å². The smallest absolute Gasteiger partial charge is 0.119 e. The SMILES string of the molecule is COCC(C)N(C)CCOc1ccc(CNC(C)C)cc1. The second-order valence-corrected chi connectivity index (χ2v) is 5.81. The van der Waals surface area contributed by atoms with Crippen LogP contribution in [0.25, 0.3) is 0 Å². The Labute approximate surface area is 129 Å². The van der Waals surface area contributed by atoms with E-state index in [-0.39, 0.29) is 0 Å². The predicted molar refractivity (Wildman–Crippen MR) is 87.9 cm³/mol. The van der Waals surface area contributed by atoms with E-state index in [9.17, 15) is 0 Å². The normalized spacial score (nSPS) is 12.9. The van der Waals surface area contributed by atoms with Gasteiger partial charge in [-0.05, 0) is 31.7 Å². The fraction of sp³-hybridized carbons (Fsp3) is 0.647. The van der Waals surface area contributed by atoms with Gasteiger partial charge in [-0.1, -0.05) is 26.0 Å². The monoisotopic (exact) mass is 294 g/mol. The average molecular weight is 294 g/mol. The number of methoxy groups -OCH3 is 1. The van der Waals surface area contributed by atoms with E-state index in [2.05, 4.69) is 50.2 Å². The molecule has 21 heavy (non-hydrogen) atoms. The zero-order valence-electron chi connectivity index (χ0n) is 14.1. The Morgan fingerprint density at radius 1 is 1.14 bits per heavy atom. The van der Waals surface area contributed by atoms with Gasteiger partial charge in [-0.2, -0.15) is 0 Å². The summed E-state index contributed by atoms with van der Waals surface area (Å²) < 4.78 is 10.9. The first kappa shape index (κ1) is 18.0. The fourth-order valence-electron chi connectivity index (χ4n) is 1.92. The minimum atomic E-state index is 0.406. The van der Waals surface area contributed by atoms with Crippen molar-refractivity contribution in [1.29, 1.82) is 0 Å². The molecule has 120 valence electrons. The molecule has 0 amide bonds. The van der Waals surface area contributed by atoms with Crippen molar-refractivity contribution in [3.63, 3.8) is 0 Å². The maximum absolute atomic E-state index is 5.78. The molecule has 0 heterocycles. The summed E-state index contributed by atoms with van der Waals surface area (Å²) in [6, 6.07) is 9.21.